The van der Waals surface area contributed by atoms with Gasteiger partial charge in [0.15, 0.2) is 4.96 Å². The van der Waals surface area contributed by atoms with Crippen molar-refractivity contribution >= 4 is 16.3 Å². The van der Waals surface area contributed by atoms with E-state index in [0.29, 0.717) is 12.0 Å². The molecule has 3 heterocycles. The van der Waals surface area contributed by atoms with Crippen molar-refractivity contribution in [3.8, 4) is 0 Å². The second-order valence-electron chi connectivity index (χ2n) is 5.72. The first-order chi connectivity index (χ1) is 10.2. The number of hydrogen-bond donors (Lipinski definition) is 1. The van der Waals surface area contributed by atoms with Gasteiger partial charge >= 0.3 is 0 Å². The molecule has 0 aliphatic carbocycles. The number of aromatic nitrogens is 3. The Morgan fingerprint density at radius 1 is 1.29 bits per heavy atom. The normalized spacial score (nSPS) is 13.3. The molecule has 3 aromatic heterocycles. The molecule has 1 unspecified atom stereocenters. The Labute approximate surface area is 129 Å². The van der Waals surface area contributed by atoms with Crippen molar-refractivity contribution in [2.24, 2.45) is 5.92 Å². The topological polar surface area (TPSA) is 34.3 Å². The van der Waals surface area contributed by atoms with Gasteiger partial charge in [0, 0.05) is 36.2 Å². The third kappa shape index (κ3) is 3.04. The molecular weight excluding hydrogens is 280 g/mol. The van der Waals surface area contributed by atoms with Gasteiger partial charge in [0.05, 0.1) is 12.2 Å². The van der Waals surface area contributed by atoms with E-state index < -0.39 is 0 Å². The minimum absolute atomic E-state index is 0.418. The van der Waals surface area contributed by atoms with E-state index in [1.54, 1.807) is 11.3 Å². The van der Waals surface area contributed by atoms with E-state index in [9.17, 15) is 0 Å². The average molecular weight is 302 g/mol. The van der Waals surface area contributed by atoms with Crippen molar-refractivity contribution in [2.75, 3.05) is 6.54 Å². The molecule has 4 nitrogen and oxygen atoms in total. The molecule has 0 amide bonds. The summed E-state index contributed by atoms with van der Waals surface area (Å²) in [4.78, 5) is 5.70. The van der Waals surface area contributed by atoms with Gasteiger partial charge in [-0.25, -0.2) is 4.98 Å². The van der Waals surface area contributed by atoms with Crippen LogP contribution in [0, 0.1) is 5.92 Å². The van der Waals surface area contributed by atoms with Crippen LogP contribution in [0.25, 0.3) is 4.96 Å². The highest BCUT2D eigenvalue weighted by molar-refractivity contribution is 7.15. The van der Waals surface area contributed by atoms with Crippen LogP contribution in [0.4, 0.5) is 0 Å². The summed E-state index contributed by atoms with van der Waals surface area (Å²) in [6.07, 6.45) is 8.55. The lowest BCUT2D eigenvalue weighted by atomic mass is 9.98. The van der Waals surface area contributed by atoms with Crippen LogP contribution in [0.3, 0.4) is 0 Å². The minimum atomic E-state index is 0.418. The highest BCUT2D eigenvalue weighted by atomic mass is 32.1. The molecular formula is C16H22N4S. The van der Waals surface area contributed by atoms with Crippen LogP contribution >= 0.6 is 11.3 Å². The van der Waals surface area contributed by atoms with E-state index in [2.05, 4.69) is 76.3 Å². The van der Waals surface area contributed by atoms with Crippen LogP contribution < -0.4 is 5.32 Å². The Balaban J connectivity index is 1.76. The second kappa shape index (κ2) is 6.03. The van der Waals surface area contributed by atoms with Crippen LogP contribution in [-0.4, -0.2) is 20.5 Å². The molecule has 3 rings (SSSR count). The molecule has 0 saturated heterocycles. The van der Waals surface area contributed by atoms with Crippen LogP contribution in [0.5, 0.6) is 0 Å². The number of imidazole rings is 1. The van der Waals surface area contributed by atoms with Crippen molar-refractivity contribution in [1.82, 2.24) is 19.3 Å². The van der Waals surface area contributed by atoms with Gasteiger partial charge < -0.3 is 9.88 Å². The number of rotatable bonds is 6. The van der Waals surface area contributed by atoms with Crippen molar-refractivity contribution in [3.05, 3.63) is 47.5 Å². The average Bonchev–Trinajstić information content (AvgIpc) is 3.11. The van der Waals surface area contributed by atoms with E-state index in [1.165, 1.54) is 5.56 Å². The van der Waals surface area contributed by atoms with Crippen molar-refractivity contribution < 1.29 is 0 Å². The third-order valence-electron chi connectivity index (χ3n) is 3.71. The Bertz CT molecular complexity index is 678. The molecule has 5 heteroatoms. The standard InChI is InChI=1S/C16H22N4S/c1-4-17-15(12(2)3)13-5-6-19(9-13)10-14-11-20-7-8-21-16(20)18-14/h5-9,11-12,15,17H,4,10H2,1-3H3. The highest BCUT2D eigenvalue weighted by Crippen LogP contribution is 2.22. The van der Waals surface area contributed by atoms with Crippen molar-refractivity contribution in [1.29, 1.82) is 0 Å². The van der Waals surface area contributed by atoms with Crippen LogP contribution in [-0.2, 0) is 6.54 Å². The molecule has 112 valence electrons. The molecule has 0 aromatic carbocycles. The Hall–Kier alpha value is -1.59. The van der Waals surface area contributed by atoms with E-state index in [0.717, 1.165) is 23.7 Å². The van der Waals surface area contributed by atoms with Crippen LogP contribution in [0.2, 0.25) is 0 Å². The first kappa shape index (κ1) is 14.4. The minimum Gasteiger partial charge on any atom is -0.348 e. The molecule has 21 heavy (non-hydrogen) atoms. The third-order valence-corrected chi connectivity index (χ3v) is 4.48. The quantitative estimate of drug-likeness (QED) is 0.755. The Morgan fingerprint density at radius 3 is 2.86 bits per heavy atom. The molecule has 3 aromatic rings. The summed E-state index contributed by atoms with van der Waals surface area (Å²) in [6, 6.07) is 2.63. The molecule has 0 saturated carbocycles. The van der Waals surface area contributed by atoms with Crippen LogP contribution in [0.1, 0.15) is 38.1 Å². The molecule has 0 aliphatic rings. The first-order valence-corrected chi connectivity index (χ1v) is 8.35. The monoisotopic (exact) mass is 302 g/mol. The summed E-state index contributed by atoms with van der Waals surface area (Å²) >= 11 is 1.67. The zero-order valence-electron chi connectivity index (χ0n) is 12.8. The molecule has 1 N–H and O–H groups in total. The molecule has 0 spiro atoms. The first-order valence-electron chi connectivity index (χ1n) is 7.47. The van der Waals surface area contributed by atoms with Crippen LogP contribution in [0.15, 0.2) is 36.2 Å². The predicted octanol–water partition coefficient (Wildman–Crippen LogP) is 3.55. The van der Waals surface area contributed by atoms with Crippen molar-refractivity contribution in [3.63, 3.8) is 0 Å². The Morgan fingerprint density at radius 2 is 2.14 bits per heavy atom. The van der Waals surface area contributed by atoms with E-state index >= 15 is 0 Å². The fraction of sp³-hybridized carbons (Fsp3) is 0.438. The fourth-order valence-corrected chi connectivity index (χ4v) is 3.46. The lowest BCUT2D eigenvalue weighted by Gasteiger charge is -2.20. The molecule has 0 fully saturated rings. The lowest BCUT2D eigenvalue weighted by molar-refractivity contribution is 0.421. The fourth-order valence-electron chi connectivity index (χ4n) is 2.74. The number of thiazole rings is 1. The Kier molecular flexibility index (Phi) is 4.12. The van der Waals surface area contributed by atoms with Gasteiger partial charge in [0.2, 0.25) is 0 Å². The maximum absolute atomic E-state index is 4.64. The number of hydrogen-bond acceptors (Lipinski definition) is 3. The molecule has 1 atom stereocenters. The second-order valence-corrected chi connectivity index (χ2v) is 6.59. The maximum Gasteiger partial charge on any atom is 0.193 e. The number of fused-ring (bicyclic) bond motifs is 1. The lowest BCUT2D eigenvalue weighted by Crippen LogP contribution is -2.25. The summed E-state index contributed by atoms with van der Waals surface area (Å²) in [7, 11) is 0. The van der Waals surface area contributed by atoms with Gasteiger partial charge in [-0.2, -0.15) is 0 Å². The number of nitrogens with zero attached hydrogens (tertiary/aromatic N) is 3. The SMILES string of the molecule is CCNC(c1ccn(Cc2cn3ccsc3n2)c1)C(C)C. The summed E-state index contributed by atoms with van der Waals surface area (Å²) in [5, 5.41) is 5.62. The highest BCUT2D eigenvalue weighted by Gasteiger charge is 2.15. The van der Waals surface area contributed by atoms with Crippen molar-refractivity contribution in [2.45, 2.75) is 33.4 Å². The van der Waals surface area contributed by atoms with Gasteiger partial charge in [-0.1, -0.05) is 20.8 Å². The summed E-state index contributed by atoms with van der Waals surface area (Å²) in [5.41, 5.74) is 2.46. The van der Waals surface area contributed by atoms with E-state index in [-0.39, 0.29) is 0 Å². The summed E-state index contributed by atoms with van der Waals surface area (Å²) < 4.78 is 4.30. The van der Waals surface area contributed by atoms with Gasteiger partial charge in [-0.3, -0.25) is 4.40 Å². The largest absolute Gasteiger partial charge is 0.348 e. The molecule has 0 aliphatic heterocycles. The van der Waals surface area contributed by atoms with Gasteiger partial charge in [-0.15, -0.1) is 11.3 Å². The zero-order chi connectivity index (χ0) is 14.8. The zero-order valence-corrected chi connectivity index (χ0v) is 13.6. The number of nitrogens with one attached hydrogen (secondary N) is 1. The van der Waals surface area contributed by atoms with E-state index in [4.69, 9.17) is 0 Å². The smallest absolute Gasteiger partial charge is 0.193 e. The van der Waals surface area contributed by atoms with E-state index in [1.807, 2.05) is 0 Å². The predicted molar refractivity (Wildman–Crippen MR) is 87.9 cm³/mol. The van der Waals surface area contributed by atoms with Gasteiger partial charge in [0.25, 0.3) is 0 Å². The maximum atomic E-state index is 4.64. The van der Waals surface area contributed by atoms with Gasteiger partial charge in [0.1, 0.15) is 0 Å². The summed E-state index contributed by atoms with van der Waals surface area (Å²) in [6.45, 7) is 8.49. The molecule has 0 radical (unpaired) electrons. The van der Waals surface area contributed by atoms with Gasteiger partial charge in [-0.05, 0) is 24.1 Å². The molecule has 0 bridgehead atoms. The summed E-state index contributed by atoms with van der Waals surface area (Å²) in [5.74, 6) is 0.582.